The Morgan fingerprint density at radius 1 is 1.57 bits per heavy atom. The van der Waals surface area contributed by atoms with Gasteiger partial charge in [0.2, 0.25) is 0 Å². The Kier molecular flexibility index (Phi) is 2.32. The summed E-state index contributed by atoms with van der Waals surface area (Å²) in [6.07, 6.45) is 0. The normalized spacial score (nSPS) is 19.6. The lowest BCUT2D eigenvalue weighted by molar-refractivity contribution is 0.0696. The number of carboxylic acids is 1. The summed E-state index contributed by atoms with van der Waals surface area (Å²) in [6.45, 7) is 0.423. The van der Waals surface area contributed by atoms with Gasteiger partial charge in [0, 0.05) is 6.07 Å². The van der Waals surface area contributed by atoms with Gasteiger partial charge in [-0.3, -0.25) is 0 Å². The molecule has 14 heavy (non-hydrogen) atoms. The van der Waals surface area contributed by atoms with Crippen LogP contribution in [0.15, 0.2) is 23.1 Å². The first-order valence-corrected chi connectivity index (χ1v) is 5.10. The van der Waals surface area contributed by atoms with E-state index in [1.165, 1.54) is 12.1 Å². The van der Waals surface area contributed by atoms with E-state index in [2.05, 4.69) is 10.0 Å². The summed E-state index contributed by atoms with van der Waals surface area (Å²) in [4.78, 5) is 11.1. The van der Waals surface area contributed by atoms with Crippen molar-refractivity contribution in [3.8, 4) is 0 Å². The highest BCUT2D eigenvalue weighted by Gasteiger charge is 2.22. The third-order valence-corrected chi connectivity index (χ3v) is 3.05. The van der Waals surface area contributed by atoms with Crippen LogP contribution in [0.2, 0.25) is 0 Å². The molecule has 0 bridgehead atoms. The Morgan fingerprint density at radius 2 is 2.36 bits per heavy atom. The van der Waals surface area contributed by atoms with Crippen LogP contribution in [0.4, 0.5) is 5.69 Å². The predicted octanol–water partition coefficient (Wildman–Crippen LogP) is 0.380. The summed E-state index contributed by atoms with van der Waals surface area (Å²) in [6, 6.07) is 4.52. The fraction of sp³-hybridized carbons (Fsp3) is 0.125. The first-order chi connectivity index (χ1) is 6.68. The van der Waals surface area contributed by atoms with E-state index in [1.54, 1.807) is 6.07 Å². The molecule has 0 amide bonds. The van der Waals surface area contributed by atoms with Crippen molar-refractivity contribution in [2.45, 2.75) is 4.90 Å². The molecule has 1 aliphatic rings. The van der Waals surface area contributed by atoms with Gasteiger partial charge in [-0.05, 0) is 12.1 Å². The number of hydrogen-bond donors (Lipinski definition) is 3. The van der Waals surface area contributed by atoms with Gasteiger partial charge in [0.15, 0.2) is 4.90 Å². The quantitative estimate of drug-likeness (QED) is 0.586. The number of rotatable bonds is 1. The van der Waals surface area contributed by atoms with E-state index in [4.69, 9.17) is 5.11 Å². The molecule has 0 saturated carbocycles. The fourth-order valence-electron chi connectivity index (χ4n) is 1.23. The van der Waals surface area contributed by atoms with E-state index in [0.717, 1.165) is 0 Å². The van der Waals surface area contributed by atoms with Gasteiger partial charge in [0.05, 0.1) is 22.6 Å². The third kappa shape index (κ3) is 1.54. The van der Waals surface area contributed by atoms with Crippen LogP contribution >= 0.6 is 0 Å². The van der Waals surface area contributed by atoms with Crippen LogP contribution in [0.25, 0.3) is 0 Å². The number of carbonyl (C=O) groups is 1. The van der Waals surface area contributed by atoms with Crippen molar-refractivity contribution in [3.63, 3.8) is 0 Å². The zero-order valence-corrected chi connectivity index (χ0v) is 7.93. The van der Waals surface area contributed by atoms with Gasteiger partial charge >= 0.3 is 5.97 Å². The lowest BCUT2D eigenvalue weighted by Crippen LogP contribution is -2.34. The molecule has 1 aromatic carbocycles. The Labute approximate surface area is 83.4 Å². The molecule has 0 aromatic heterocycles. The predicted molar refractivity (Wildman–Crippen MR) is 51.4 cm³/mol. The van der Waals surface area contributed by atoms with Gasteiger partial charge in [-0.15, -0.1) is 4.72 Å². The molecular formula is C8H8N2O3S. The molecule has 74 valence electrons. The zero-order valence-electron chi connectivity index (χ0n) is 7.11. The molecular weight excluding hydrogens is 204 g/mol. The van der Waals surface area contributed by atoms with E-state index >= 15 is 0 Å². The van der Waals surface area contributed by atoms with Crippen LogP contribution in [0.1, 0.15) is 10.4 Å². The monoisotopic (exact) mass is 212 g/mol. The number of aromatic carboxylic acids is 1. The number of anilines is 1. The molecule has 5 nitrogen and oxygen atoms in total. The molecule has 1 unspecified atom stereocenters. The lowest BCUT2D eigenvalue weighted by Gasteiger charge is -2.20. The van der Waals surface area contributed by atoms with Gasteiger partial charge in [0.25, 0.3) is 0 Å². The standard InChI is InChI=1S/C8H8N2O3S/c11-8(12)5-1-2-6-7(3-5)14(13)10-4-9-6/h1-3,9-10H,4H2,(H,11,12). The van der Waals surface area contributed by atoms with E-state index < -0.39 is 17.3 Å². The minimum absolute atomic E-state index is 0.141. The Morgan fingerprint density at radius 3 is 3.07 bits per heavy atom. The molecule has 0 fully saturated rings. The van der Waals surface area contributed by atoms with Crippen LogP contribution < -0.4 is 10.0 Å². The van der Waals surface area contributed by atoms with E-state index in [9.17, 15) is 9.35 Å². The second-order valence-corrected chi connectivity index (χ2v) is 4.05. The van der Waals surface area contributed by atoms with E-state index in [0.29, 0.717) is 17.3 Å². The molecule has 1 heterocycles. The Balaban J connectivity index is 2.45. The van der Waals surface area contributed by atoms with E-state index in [-0.39, 0.29) is 5.56 Å². The van der Waals surface area contributed by atoms with Crippen LogP contribution in [-0.4, -0.2) is 22.3 Å². The van der Waals surface area contributed by atoms with Gasteiger partial charge < -0.3 is 15.0 Å². The van der Waals surface area contributed by atoms with Crippen molar-refractivity contribution in [2.75, 3.05) is 12.0 Å². The van der Waals surface area contributed by atoms with Gasteiger partial charge in [-0.25, -0.2) is 4.79 Å². The third-order valence-electron chi connectivity index (χ3n) is 1.91. The molecule has 1 aromatic rings. The molecule has 0 aliphatic carbocycles. The maximum atomic E-state index is 11.4. The summed E-state index contributed by atoms with van der Waals surface area (Å²) < 4.78 is 14.1. The SMILES string of the molecule is O=C(O)c1ccc2c(c1)[S+]([O-])NCN2. The average Bonchev–Trinajstić information content (AvgIpc) is 2.18. The minimum atomic E-state index is -1.32. The number of benzene rings is 1. The fourth-order valence-corrected chi connectivity index (χ4v) is 2.16. The molecule has 0 saturated heterocycles. The largest absolute Gasteiger partial charge is 0.593 e. The topological polar surface area (TPSA) is 84.4 Å². The second kappa shape index (κ2) is 3.49. The number of carboxylic acid groups (broad SMARTS) is 1. The zero-order chi connectivity index (χ0) is 10.1. The summed E-state index contributed by atoms with van der Waals surface area (Å²) in [5.74, 6) is -1.02. The Hall–Kier alpha value is -1.24. The highest BCUT2D eigenvalue weighted by molar-refractivity contribution is 7.89. The molecule has 6 heteroatoms. The molecule has 0 spiro atoms. The molecule has 3 N–H and O–H groups in total. The van der Waals surface area contributed by atoms with Crippen LogP contribution in [0.5, 0.6) is 0 Å². The van der Waals surface area contributed by atoms with Crippen molar-refractivity contribution in [1.29, 1.82) is 0 Å². The number of nitrogens with one attached hydrogen (secondary N) is 2. The van der Waals surface area contributed by atoms with Crippen LogP contribution in [0, 0.1) is 0 Å². The second-order valence-electron chi connectivity index (χ2n) is 2.78. The first kappa shape index (κ1) is 9.32. The highest BCUT2D eigenvalue weighted by Crippen LogP contribution is 2.24. The number of fused-ring (bicyclic) bond motifs is 1. The van der Waals surface area contributed by atoms with Crippen LogP contribution in [-0.2, 0) is 11.4 Å². The first-order valence-electron chi connectivity index (χ1n) is 3.95. The van der Waals surface area contributed by atoms with Crippen molar-refractivity contribution < 1.29 is 14.5 Å². The summed E-state index contributed by atoms with van der Waals surface area (Å²) >= 11 is -1.32. The Bertz CT molecular complexity index is 383. The minimum Gasteiger partial charge on any atom is -0.593 e. The molecule has 2 rings (SSSR count). The van der Waals surface area contributed by atoms with Crippen molar-refractivity contribution in [3.05, 3.63) is 23.8 Å². The molecule has 1 aliphatic heterocycles. The molecule has 1 atom stereocenters. The summed E-state index contributed by atoms with van der Waals surface area (Å²) in [5, 5.41) is 11.7. The maximum absolute atomic E-state index is 11.4. The average molecular weight is 212 g/mol. The maximum Gasteiger partial charge on any atom is 0.335 e. The lowest BCUT2D eigenvalue weighted by atomic mass is 10.2. The van der Waals surface area contributed by atoms with Gasteiger partial charge in [0.1, 0.15) is 6.67 Å². The summed E-state index contributed by atoms with van der Waals surface area (Å²) in [7, 11) is 0. The summed E-state index contributed by atoms with van der Waals surface area (Å²) in [5.41, 5.74) is 0.856. The van der Waals surface area contributed by atoms with Gasteiger partial charge in [-0.2, -0.15) is 0 Å². The van der Waals surface area contributed by atoms with E-state index in [1.807, 2.05) is 0 Å². The van der Waals surface area contributed by atoms with Crippen LogP contribution in [0.3, 0.4) is 0 Å². The van der Waals surface area contributed by atoms with Crippen molar-refractivity contribution in [2.24, 2.45) is 0 Å². The smallest absolute Gasteiger partial charge is 0.335 e. The molecule has 0 radical (unpaired) electrons. The van der Waals surface area contributed by atoms with Crippen molar-refractivity contribution >= 4 is 23.0 Å². The van der Waals surface area contributed by atoms with Gasteiger partial charge in [-0.1, -0.05) is 0 Å². The number of hydrogen-bond acceptors (Lipinski definition) is 4. The van der Waals surface area contributed by atoms with Crippen molar-refractivity contribution in [1.82, 2.24) is 4.72 Å². The highest BCUT2D eigenvalue weighted by atomic mass is 32.2.